The lowest BCUT2D eigenvalue weighted by Crippen LogP contribution is -2.40. The van der Waals surface area contributed by atoms with E-state index in [1.807, 2.05) is 0 Å². The number of nitrogens with zero attached hydrogens (tertiary/aromatic N) is 1. The number of aromatic nitrogens is 2. The first-order chi connectivity index (χ1) is 12.1. The second-order valence-electron chi connectivity index (χ2n) is 6.35. The Bertz CT molecular complexity index is 860. The Morgan fingerprint density at radius 3 is 2.69 bits per heavy atom. The molecule has 1 aliphatic rings. The molecule has 4 atom stereocenters. The SMILES string of the molecule is COCCO[C@@H]1[C@H](O)[C@@H](C#CP(C)(C)=O)O[C@H]1n1cc(C)c(=O)[nH]c1=O. The number of nitrogens with one attached hydrogen (secondary N) is 1. The monoisotopic (exact) mass is 386 g/mol. The van der Waals surface area contributed by atoms with Crippen LogP contribution in [-0.4, -0.2) is 66.6 Å². The molecule has 1 aliphatic heterocycles. The first-order valence-electron chi connectivity index (χ1n) is 7.98. The molecule has 0 bridgehead atoms. The zero-order chi connectivity index (χ0) is 19.5. The quantitative estimate of drug-likeness (QED) is 0.406. The molecule has 0 aromatic carbocycles. The lowest BCUT2D eigenvalue weighted by atomic mass is 10.1. The number of hydrogen-bond acceptors (Lipinski definition) is 7. The predicted octanol–water partition coefficient (Wildman–Crippen LogP) is -0.281. The van der Waals surface area contributed by atoms with Crippen LogP contribution in [0.3, 0.4) is 0 Å². The summed E-state index contributed by atoms with van der Waals surface area (Å²) in [6.45, 7) is 4.99. The van der Waals surface area contributed by atoms with Crippen molar-refractivity contribution in [2.45, 2.75) is 31.5 Å². The topological polar surface area (TPSA) is 120 Å². The normalized spacial score (nSPS) is 25.7. The molecule has 1 saturated heterocycles. The summed E-state index contributed by atoms with van der Waals surface area (Å²) in [5, 5.41) is 10.5. The summed E-state index contributed by atoms with van der Waals surface area (Å²) in [5.74, 6) is 2.65. The van der Waals surface area contributed by atoms with E-state index in [-0.39, 0.29) is 13.2 Å². The third-order valence-corrected chi connectivity index (χ3v) is 4.38. The third-order valence-electron chi connectivity index (χ3n) is 3.71. The van der Waals surface area contributed by atoms with Crippen molar-refractivity contribution in [2.75, 3.05) is 33.7 Å². The van der Waals surface area contributed by atoms with Gasteiger partial charge in [-0.05, 0) is 25.9 Å². The molecule has 1 aromatic heterocycles. The van der Waals surface area contributed by atoms with Gasteiger partial charge >= 0.3 is 5.69 Å². The van der Waals surface area contributed by atoms with Crippen molar-refractivity contribution in [3.8, 4) is 11.6 Å². The number of aliphatic hydroxyl groups excluding tert-OH is 1. The fourth-order valence-corrected chi connectivity index (χ4v) is 2.87. The lowest BCUT2D eigenvalue weighted by Gasteiger charge is -2.22. The van der Waals surface area contributed by atoms with E-state index < -0.39 is 42.9 Å². The molecule has 144 valence electrons. The summed E-state index contributed by atoms with van der Waals surface area (Å²) in [6, 6.07) is 0. The number of aromatic amines is 1. The van der Waals surface area contributed by atoms with E-state index in [1.54, 1.807) is 6.92 Å². The van der Waals surface area contributed by atoms with Gasteiger partial charge in [-0.2, -0.15) is 0 Å². The average Bonchev–Trinajstić information content (AvgIpc) is 2.85. The zero-order valence-electron chi connectivity index (χ0n) is 15.1. The number of rotatable bonds is 5. The van der Waals surface area contributed by atoms with Crippen molar-refractivity contribution < 1.29 is 23.9 Å². The maximum atomic E-state index is 12.2. The maximum absolute atomic E-state index is 12.2. The van der Waals surface area contributed by atoms with Crippen molar-refractivity contribution in [1.29, 1.82) is 0 Å². The van der Waals surface area contributed by atoms with Crippen LogP contribution in [0.25, 0.3) is 0 Å². The van der Waals surface area contributed by atoms with Gasteiger partial charge in [0.2, 0.25) is 0 Å². The van der Waals surface area contributed by atoms with Crippen LogP contribution in [-0.2, 0) is 18.8 Å². The fraction of sp³-hybridized carbons (Fsp3) is 0.625. The molecule has 2 rings (SSSR count). The van der Waals surface area contributed by atoms with Crippen LogP contribution in [0.15, 0.2) is 15.8 Å². The second kappa shape index (κ2) is 8.33. The minimum Gasteiger partial charge on any atom is -0.386 e. The van der Waals surface area contributed by atoms with E-state index >= 15 is 0 Å². The Kier molecular flexibility index (Phi) is 6.61. The van der Waals surface area contributed by atoms with Crippen LogP contribution in [0.4, 0.5) is 0 Å². The average molecular weight is 386 g/mol. The Labute approximate surface area is 150 Å². The fourth-order valence-electron chi connectivity index (χ4n) is 2.44. The van der Waals surface area contributed by atoms with E-state index in [2.05, 4.69) is 16.6 Å². The summed E-state index contributed by atoms with van der Waals surface area (Å²) in [6.07, 6.45) is -2.74. The Morgan fingerprint density at radius 2 is 2.08 bits per heavy atom. The first-order valence-corrected chi connectivity index (χ1v) is 10.6. The summed E-state index contributed by atoms with van der Waals surface area (Å²) >= 11 is 0. The summed E-state index contributed by atoms with van der Waals surface area (Å²) in [4.78, 5) is 25.9. The lowest BCUT2D eigenvalue weighted by molar-refractivity contribution is -0.0781. The number of aliphatic hydroxyl groups is 1. The number of methoxy groups -OCH3 is 1. The number of hydrogen-bond donors (Lipinski definition) is 2. The third kappa shape index (κ3) is 4.93. The highest BCUT2D eigenvalue weighted by atomic mass is 31.2. The molecule has 2 heterocycles. The number of H-pyrrole nitrogens is 1. The van der Waals surface area contributed by atoms with Crippen LogP contribution >= 0.6 is 7.14 Å². The van der Waals surface area contributed by atoms with Crippen LogP contribution in [0.2, 0.25) is 0 Å². The highest BCUT2D eigenvalue weighted by molar-refractivity contribution is 7.67. The molecular formula is C16H23N2O7P. The van der Waals surface area contributed by atoms with Gasteiger partial charge in [0.25, 0.3) is 5.56 Å². The molecule has 1 fully saturated rings. The minimum atomic E-state index is -2.64. The number of aryl methyl sites for hydroxylation is 1. The van der Waals surface area contributed by atoms with Gasteiger partial charge in [0.15, 0.2) is 6.23 Å². The maximum Gasteiger partial charge on any atom is 0.330 e. The van der Waals surface area contributed by atoms with E-state index in [1.165, 1.54) is 26.6 Å². The molecule has 9 nitrogen and oxygen atoms in total. The number of ether oxygens (including phenoxy) is 3. The Balaban J connectivity index is 2.38. The smallest absolute Gasteiger partial charge is 0.330 e. The van der Waals surface area contributed by atoms with Gasteiger partial charge in [0.1, 0.15) is 25.5 Å². The van der Waals surface area contributed by atoms with Gasteiger partial charge in [-0.25, -0.2) is 4.79 Å². The van der Waals surface area contributed by atoms with E-state index in [4.69, 9.17) is 14.2 Å². The Morgan fingerprint density at radius 1 is 1.38 bits per heavy atom. The molecule has 10 heteroatoms. The highest BCUT2D eigenvalue weighted by Gasteiger charge is 2.45. The van der Waals surface area contributed by atoms with Crippen molar-refractivity contribution in [1.82, 2.24) is 9.55 Å². The van der Waals surface area contributed by atoms with Crippen molar-refractivity contribution in [3.05, 3.63) is 32.6 Å². The van der Waals surface area contributed by atoms with Crippen LogP contribution in [0.5, 0.6) is 0 Å². The minimum absolute atomic E-state index is 0.162. The zero-order valence-corrected chi connectivity index (χ0v) is 16.0. The van der Waals surface area contributed by atoms with E-state index in [0.29, 0.717) is 5.56 Å². The van der Waals surface area contributed by atoms with Crippen molar-refractivity contribution in [2.24, 2.45) is 0 Å². The molecule has 1 aromatic rings. The molecule has 0 aliphatic carbocycles. The van der Waals surface area contributed by atoms with Gasteiger partial charge in [-0.15, -0.1) is 0 Å². The summed E-state index contributed by atoms with van der Waals surface area (Å²) < 4.78 is 29.2. The van der Waals surface area contributed by atoms with Crippen LogP contribution in [0.1, 0.15) is 11.8 Å². The standard InChI is InChI=1S/C16H23N2O7P/c1-10-9-18(16(21)17-14(10)20)15-13(24-7-6-23-2)12(19)11(25-15)5-8-26(3,4)22/h9,11-13,15,19H,6-7H2,1-4H3,(H,17,20,21)/t11-,12-,13-,15-/m1/s1. The van der Waals surface area contributed by atoms with E-state index in [9.17, 15) is 19.3 Å². The van der Waals surface area contributed by atoms with Gasteiger partial charge in [0, 0.05) is 18.9 Å². The predicted molar refractivity (Wildman–Crippen MR) is 94.8 cm³/mol. The van der Waals surface area contributed by atoms with E-state index in [0.717, 1.165) is 4.57 Å². The molecule has 0 amide bonds. The van der Waals surface area contributed by atoms with Crippen LogP contribution in [0, 0.1) is 18.5 Å². The molecule has 2 N–H and O–H groups in total. The summed E-state index contributed by atoms with van der Waals surface area (Å²) in [7, 11) is -1.13. The highest BCUT2D eigenvalue weighted by Crippen LogP contribution is 2.35. The molecule has 0 radical (unpaired) electrons. The van der Waals surface area contributed by atoms with Gasteiger partial charge < -0.3 is 23.9 Å². The van der Waals surface area contributed by atoms with Crippen LogP contribution < -0.4 is 11.2 Å². The molecule has 0 spiro atoms. The summed E-state index contributed by atoms with van der Waals surface area (Å²) in [5.41, 5.74) is 1.69. The van der Waals surface area contributed by atoms with Gasteiger partial charge in [0.05, 0.1) is 13.2 Å². The molecular weight excluding hydrogens is 363 g/mol. The first kappa shape index (κ1) is 20.6. The van der Waals surface area contributed by atoms with Crippen molar-refractivity contribution in [3.63, 3.8) is 0 Å². The second-order valence-corrected chi connectivity index (χ2v) is 9.28. The Hall–Kier alpha value is -1.69. The molecule has 0 unspecified atom stereocenters. The van der Waals surface area contributed by atoms with Gasteiger partial charge in [-0.1, -0.05) is 5.92 Å². The van der Waals surface area contributed by atoms with Crippen molar-refractivity contribution >= 4 is 7.14 Å². The molecule has 0 saturated carbocycles. The largest absolute Gasteiger partial charge is 0.386 e. The van der Waals surface area contributed by atoms with Gasteiger partial charge in [-0.3, -0.25) is 14.3 Å². The molecule has 26 heavy (non-hydrogen) atoms.